The molecular weight excluding hydrogens is 1730 g/mol. The van der Waals surface area contributed by atoms with Crippen LogP contribution in [0.1, 0.15) is 25.7 Å². The SMILES string of the molecule is C1C2C3C4C5C6C7C8C9C%10C%11CC%12C%13C%14C%15C%16C%17C%18C%19C%20C%21CC%22C%23C%24C%25C%26C%27C%28C%29C%30C%31CC%32C%33C%34C%35C%36C%37C%38C%39C%40C1C21C32C43C54C65C76C87C98C%109C%11%12C%13%10C%14%11C%15%12C%16%13C%17%14C%18%15C%19%16C%20%17C%21%22C%23%18C%24%19C%25%20C%26%21C%27%22C%28%23C%29%24C%30%25C%32%31C%33%26C%34%27C%35%28C%36%29C%37%30C%38%31C%39%32C%401C21C32C43C54C65C76C87C9%10C%118C%129C%13%10C%14%11C%15%12C%16%13C%17%18C%19%14C%20%15C%21%16C%22%17C%23%18C%24%19C%26%25C%27%20C%28%21C%29%22C%30%23C%31%24C%321C21C32C43C54C65C78C96C%107C%118C%129C%13%14C%15%10C%16%11C%17%12C%18%13C%20%19C%21%14C%22%15C%23%16C%241C21C32C43C56C74C85C9%10C%116C%127C%14%13C%158C%161C21C34C56C871. The van der Waals surface area contributed by atoms with Crippen molar-refractivity contribution < 1.29 is 0 Å². The largest absolute Gasteiger partial charge is 0.0458 e. The summed E-state index contributed by atoms with van der Waals surface area (Å²) in [5.41, 5.74) is 117. The molecule has 120 atom stereocenters. The maximum atomic E-state index is 1.99. The lowest BCUT2D eigenvalue weighted by atomic mass is 8.13. The predicted molar refractivity (Wildman–Crippen MR) is 448 cm³/mol. The molecule has 144 heavy (non-hydrogen) atoms. The van der Waals surface area contributed by atoms with Crippen LogP contribution in [0.15, 0.2) is 0 Å². The summed E-state index contributed by atoms with van der Waals surface area (Å²) >= 11 is 0. The number of rotatable bonds is 0. The van der Waals surface area contributed by atoms with Gasteiger partial charge in [-0.25, -0.2) is 0 Å². The van der Waals surface area contributed by atoms with Crippen molar-refractivity contribution in [3.05, 3.63) is 314 Å². The molecule has 121 saturated carbocycles. The van der Waals surface area contributed by atoms with Crippen LogP contribution in [-0.2, 0) is 0 Å². The molecule has 0 radical (unpaired) electrons. The van der Waals surface area contributed by atoms with Crippen molar-refractivity contribution in [2.24, 2.45) is 464 Å². The van der Waals surface area contributed by atoms with E-state index >= 15 is 0 Å². The summed E-state index contributed by atoms with van der Waals surface area (Å²) in [4.78, 5) is 0. The fourth-order valence-corrected chi connectivity index (χ4v) is 192. The highest BCUT2D eigenvalue weighted by atomic mass is 16.0. The van der Waals surface area contributed by atoms with Crippen LogP contribution in [-0.4, -0.2) is 0 Å². The van der Waals surface area contributed by atoms with E-state index in [2.05, 4.69) is 0 Å². The van der Waals surface area contributed by atoms with Crippen LogP contribution < -0.4 is 0 Å². The summed E-state index contributed by atoms with van der Waals surface area (Å²) in [5.74, 6) is 59.3. The molecule has 0 aromatic heterocycles. The molecule has 121 aliphatic carbocycles. The summed E-state index contributed by atoms with van der Waals surface area (Å²) < 4.78 is 0. The van der Waals surface area contributed by atoms with Gasteiger partial charge in [-0.2, -0.15) is 0 Å². The average Bonchev–Trinajstić information content (AvgIpc) is 0.381. The van der Waals surface area contributed by atoms with Crippen LogP contribution in [0.3, 0.4) is 0 Å². The van der Waals surface area contributed by atoms with Crippen molar-refractivity contribution in [2.45, 2.75) is 25.7 Å². The topological polar surface area (TPSA) is 0 Å². The Kier molecular flexibility index (Phi) is 1.61. The Morgan fingerprint density at radius 3 is 0.236 bits per heavy atom. The Labute approximate surface area is 797 Å². The van der Waals surface area contributed by atoms with Gasteiger partial charge in [-0.1, -0.05) is 0 Å². The van der Waals surface area contributed by atoms with Gasteiger partial charge in [0.15, 0.2) is 0 Å². The molecule has 0 aliphatic heterocycles. The predicted octanol–water partition coefficient (Wildman–Crippen LogP) is 11.2. The Balaban J connectivity index is 0.519. The third kappa shape index (κ3) is 0.692. The second-order valence-electron chi connectivity index (χ2n) is 100.0. The molecular formula is C144H48. The molecule has 0 bridgehead atoms. The molecule has 0 nitrogen and oxygen atoms in total. The second-order valence-corrected chi connectivity index (χ2v) is 100.0. The van der Waals surface area contributed by atoms with Crippen LogP contribution in [0.25, 0.3) is 0 Å². The summed E-state index contributed by atoms with van der Waals surface area (Å²) in [6.45, 7) is 0. The number of hydrogen-bond acceptors (Lipinski definition) is 0. The van der Waals surface area contributed by atoms with Gasteiger partial charge in [0, 0.05) is 0 Å². The Bertz CT molecular complexity index is 11500. The first-order valence-corrected chi connectivity index (χ1v) is 71.8. The summed E-state index contributed by atoms with van der Waals surface area (Å²) in [5, 5.41) is 0. The molecule has 120 unspecified atom stereocenters. The lowest BCUT2D eigenvalue weighted by molar-refractivity contribution is -1.09. The lowest BCUT2D eigenvalue weighted by Gasteiger charge is -3.88. The van der Waals surface area contributed by atoms with Gasteiger partial charge >= 0.3 is 0 Å². The molecule has 100 spiro atoms. The van der Waals surface area contributed by atoms with E-state index in [0.29, 0.717) is 0 Å². The molecule has 0 aromatic rings. The second kappa shape index (κ2) is 5.50. The summed E-state index contributed by atoms with van der Waals surface area (Å²) in [7, 11) is 0. The summed E-state index contributed by atoms with van der Waals surface area (Å²) in [6, 6.07) is 0. The van der Waals surface area contributed by atoms with Crippen molar-refractivity contribution in [1.29, 1.82) is 0 Å². The van der Waals surface area contributed by atoms with Crippen molar-refractivity contribution >= 4 is 0 Å². The molecule has 121 rings (SSSR count). The molecule has 0 N–H and O–H groups in total. The first-order chi connectivity index (χ1) is 71.8. The van der Waals surface area contributed by atoms with E-state index in [9.17, 15) is 0 Å². The summed E-state index contributed by atoms with van der Waals surface area (Å²) in [6.07, 6.45) is 7.96. The zero-order chi connectivity index (χ0) is 75.9. The van der Waals surface area contributed by atoms with Gasteiger partial charge in [-0.15, -0.1) is 0 Å². The Morgan fingerprint density at radius 2 is 0.132 bits per heavy atom. The molecule has 121 aliphatic rings. The highest BCUT2D eigenvalue weighted by Crippen LogP contribution is 4.05. The van der Waals surface area contributed by atoms with Crippen molar-refractivity contribution in [3.63, 3.8) is 0 Å². The average molecular weight is 1780 g/mol. The monoisotopic (exact) mass is 1780 g/mol. The van der Waals surface area contributed by atoms with Gasteiger partial charge in [0.1, 0.15) is 0 Å². The quantitative estimate of drug-likeness (QED) is 0.227. The van der Waals surface area contributed by atoms with E-state index in [4.69, 9.17) is 0 Å². The first-order valence-electron chi connectivity index (χ1n) is 71.8. The van der Waals surface area contributed by atoms with Gasteiger partial charge in [-0.05, 0) is 804 Å². The number of hydrogen-bond donors (Lipinski definition) is 0. The van der Waals surface area contributed by atoms with Crippen LogP contribution in [0.5, 0.6) is 0 Å². The third-order valence-electron chi connectivity index (χ3n) is 142. The Morgan fingerprint density at radius 1 is 0.0625 bits per heavy atom. The maximum Gasteiger partial charge on any atom is -0.00000000322 e. The molecule has 624 valence electrons. The molecule has 0 heteroatoms. The minimum atomic E-state index is 1.12. The van der Waals surface area contributed by atoms with E-state index in [1.807, 2.05) is 25.7 Å². The van der Waals surface area contributed by atoms with Crippen LogP contribution >= 0.6 is 0 Å². The zero-order valence-electron chi connectivity index (χ0n) is 75.9. The molecule has 0 saturated heterocycles. The van der Waals surface area contributed by atoms with Gasteiger partial charge < -0.3 is 0 Å². The lowest BCUT2D eigenvalue weighted by Crippen LogP contribution is -3.82. The smallest absolute Gasteiger partial charge is 0.00000000322 e. The highest BCUT2D eigenvalue weighted by Gasteiger charge is 3.99. The minimum absolute atomic E-state index is 1.12. The Hall–Kier alpha value is 0. The van der Waals surface area contributed by atoms with Crippen molar-refractivity contribution in [3.8, 4) is 0 Å². The van der Waals surface area contributed by atoms with E-state index in [-0.39, 0.29) is 0 Å². The maximum absolute atomic E-state index is 1.99. The van der Waals surface area contributed by atoms with Crippen LogP contribution in [0, 0.1) is 778 Å². The minimum Gasteiger partial charge on any atom is -0.0458 e. The molecule has 0 heterocycles. The van der Waals surface area contributed by atoms with Gasteiger partial charge in [0.05, 0.1) is 0 Å². The van der Waals surface area contributed by atoms with Gasteiger partial charge in [0.25, 0.3) is 0 Å². The first kappa shape index (κ1) is 42.2. The zero-order valence-corrected chi connectivity index (χ0v) is 75.9. The van der Waals surface area contributed by atoms with Crippen LogP contribution in [0.4, 0.5) is 0 Å². The highest BCUT2D eigenvalue weighted by molar-refractivity contribution is 7.12. The van der Waals surface area contributed by atoms with Gasteiger partial charge in [-0.3, -0.25) is 0 Å². The van der Waals surface area contributed by atoms with Crippen LogP contribution in [0.2, 0.25) is 0 Å². The molecule has 0 amide bonds. The molecule has 0 aromatic carbocycles. The van der Waals surface area contributed by atoms with E-state index in [1.54, 1.807) is 0 Å². The standard InChI is InChI=1S/C144H48/c1-5-13-21-29-37-39-31-23-15-7-2-9-17-25-33-41-43-35-27-19-11-4-12-20-28-36-44-42-34-26-18-10-3-8-16-24-32-40-38-30-22-14-6(1)45(5)49(13)57(21)65(29)73(37)75(39)67(31)59(23)51(15)46(7,9)53(17)61(25)69(33)77(41)79(43)71(35)63(27)55(19)48(11,12)56(20)64(28)72(36)80(44)78(42)70(34)62(26)54(18)47(8,10)52(16)60(24)68(32)76(40)74(38)66(30)58(22)50(14,45)81(49)85(57)93(65)101(73)103(75)95(67)87(59)82(51,53)89(61)97(69)105(77)107(79)99(71)91(63)84(55,56)92(64)100(72)108(80)106(78)98(70)90(62)83(52,54)88(60)96(68)104(76)102(74)94(66)86(58,81)109(85)113(93)121(101)123(103)115(95)110(87,89)117(97)125(105)127(107)119(99)112(91,92)120(100)128(108)126(106)118(98)111(88,90)116(96)124(104)122(102)114(94,109)129(113)133(121)135(123)130(115,117)137(125)139(127)132(119,120)140(128)138(126)131(116,118)136(124)134(122,129)141(133)142(135,137)144(139,140)143(136,138)141/h5-44H,1-4H2. The van der Waals surface area contributed by atoms with E-state index < -0.39 is 0 Å². The third-order valence-corrected chi connectivity index (χ3v) is 142. The number of fused-ring (bicyclic) bond motifs is 36. The van der Waals surface area contributed by atoms with Crippen molar-refractivity contribution in [2.75, 3.05) is 0 Å². The molecule has 121 fully saturated rings. The van der Waals surface area contributed by atoms with Crippen molar-refractivity contribution in [1.82, 2.24) is 0 Å². The van der Waals surface area contributed by atoms with E-state index in [1.165, 1.54) is 562 Å². The normalized spacial score (nSPS) is 164. The van der Waals surface area contributed by atoms with E-state index in [0.717, 1.165) is 217 Å². The fourth-order valence-electron chi connectivity index (χ4n) is 192. The van der Waals surface area contributed by atoms with Gasteiger partial charge in [0.2, 0.25) is 0 Å². The fraction of sp³-hybridized carbons (Fsp3) is 1.00.